The molecule has 0 radical (unpaired) electrons. The molecule has 0 saturated heterocycles. The molecule has 0 spiro atoms. The highest BCUT2D eigenvalue weighted by Gasteiger charge is 2.37. The van der Waals surface area contributed by atoms with Crippen LogP contribution >= 0.6 is 0 Å². The maximum atomic E-state index is 13.2. The van der Waals surface area contributed by atoms with Crippen LogP contribution in [0.5, 0.6) is 0 Å². The van der Waals surface area contributed by atoms with E-state index in [0.29, 0.717) is 18.9 Å². The first kappa shape index (κ1) is 21.4. The number of alkyl halides is 3. The molecule has 1 aliphatic heterocycles. The predicted molar refractivity (Wildman–Crippen MR) is 116 cm³/mol. The Labute approximate surface area is 187 Å². The quantitative estimate of drug-likeness (QED) is 0.489. The van der Waals surface area contributed by atoms with Crippen LogP contribution in [0.4, 0.5) is 19.1 Å². The number of hydrogen-bond acceptors (Lipinski definition) is 6. The fourth-order valence-electron chi connectivity index (χ4n) is 4.44. The van der Waals surface area contributed by atoms with Crippen LogP contribution in [-0.2, 0) is 12.6 Å². The summed E-state index contributed by atoms with van der Waals surface area (Å²) in [7, 11) is 0. The number of hydrogen-bond donors (Lipinski definition) is 1. The zero-order chi connectivity index (χ0) is 23.3. The molecule has 0 unspecified atom stereocenters. The van der Waals surface area contributed by atoms with Crippen LogP contribution in [0, 0.1) is 12.8 Å². The summed E-state index contributed by atoms with van der Waals surface area (Å²) >= 11 is 0. The smallest absolute Gasteiger partial charge is 0.356 e. The number of benzene rings is 1. The van der Waals surface area contributed by atoms with Gasteiger partial charge < -0.3 is 9.88 Å². The second-order valence-corrected chi connectivity index (χ2v) is 8.72. The van der Waals surface area contributed by atoms with Gasteiger partial charge in [-0.1, -0.05) is 13.8 Å². The van der Waals surface area contributed by atoms with Crippen molar-refractivity contribution in [2.75, 3.05) is 11.4 Å². The van der Waals surface area contributed by atoms with Crippen molar-refractivity contribution in [2.45, 2.75) is 45.8 Å². The average molecular weight is 456 g/mol. The topological polar surface area (TPSA) is 88.4 Å². The second kappa shape index (κ2) is 7.82. The number of fused-ring (bicyclic) bond motifs is 3. The van der Waals surface area contributed by atoms with E-state index < -0.39 is 12.0 Å². The molecular formula is C22H23F3N8. The Kier molecular flexibility index (Phi) is 5.06. The fourth-order valence-corrected chi connectivity index (χ4v) is 4.44. The van der Waals surface area contributed by atoms with Crippen LogP contribution in [0.15, 0.2) is 30.7 Å². The van der Waals surface area contributed by atoms with Crippen LogP contribution in [-0.4, -0.2) is 41.5 Å². The first-order valence-corrected chi connectivity index (χ1v) is 10.8. The van der Waals surface area contributed by atoms with E-state index in [1.54, 1.807) is 11.0 Å². The third-order valence-electron chi connectivity index (χ3n) is 5.84. The van der Waals surface area contributed by atoms with E-state index >= 15 is 0 Å². The zero-order valence-corrected chi connectivity index (χ0v) is 18.4. The lowest BCUT2D eigenvalue weighted by Crippen LogP contribution is -2.37. The molecule has 3 aromatic heterocycles. The van der Waals surface area contributed by atoms with E-state index in [0.717, 1.165) is 46.3 Å². The minimum Gasteiger partial charge on any atom is -0.356 e. The van der Waals surface area contributed by atoms with Crippen molar-refractivity contribution in [3.8, 4) is 5.69 Å². The Hall–Kier alpha value is -3.50. The van der Waals surface area contributed by atoms with E-state index in [9.17, 15) is 13.2 Å². The summed E-state index contributed by atoms with van der Waals surface area (Å²) in [5.41, 5.74) is 4.79. The summed E-state index contributed by atoms with van der Waals surface area (Å²) in [4.78, 5) is 18.1. The molecule has 0 saturated carbocycles. The third kappa shape index (κ3) is 3.91. The number of aromatic nitrogens is 7. The summed E-state index contributed by atoms with van der Waals surface area (Å²) < 4.78 is 39.6. The number of H-pyrrole nitrogens is 1. The first-order valence-electron chi connectivity index (χ1n) is 10.8. The normalized spacial score (nSPS) is 16.6. The minimum absolute atomic E-state index is 0.0455. The van der Waals surface area contributed by atoms with E-state index in [2.05, 4.69) is 50.0 Å². The number of rotatable bonds is 4. The van der Waals surface area contributed by atoms with Crippen molar-refractivity contribution in [2.24, 2.45) is 5.92 Å². The minimum atomic E-state index is -4.62. The van der Waals surface area contributed by atoms with Crippen molar-refractivity contribution in [3.05, 3.63) is 53.5 Å². The number of aromatic amines is 1. The van der Waals surface area contributed by atoms with Crippen LogP contribution in [0.3, 0.4) is 0 Å². The van der Waals surface area contributed by atoms with Crippen molar-refractivity contribution in [1.82, 2.24) is 34.9 Å². The summed E-state index contributed by atoms with van der Waals surface area (Å²) in [6, 6.07) is 5.80. The number of anilines is 1. The standard InChI is InChI=1S/C22H23F3N8/c1-12(2)8-18-19-15(6-7-32(18)21-27-11-26-20(30-21)22(23,24)25)16-9-14(4-5-17(16)29-19)33-28-10-13(3)31-33/h4-5,9-12,18,29H,6-8H2,1-3H3/t18-/m0/s1. The molecule has 33 heavy (non-hydrogen) atoms. The molecule has 5 rings (SSSR count). The highest BCUT2D eigenvalue weighted by molar-refractivity contribution is 5.87. The lowest BCUT2D eigenvalue weighted by molar-refractivity contribution is -0.145. The van der Waals surface area contributed by atoms with Crippen LogP contribution in [0.25, 0.3) is 16.6 Å². The lowest BCUT2D eigenvalue weighted by Gasteiger charge is -2.36. The predicted octanol–water partition coefficient (Wildman–Crippen LogP) is 4.41. The van der Waals surface area contributed by atoms with Crippen LogP contribution in [0.1, 0.15) is 49.1 Å². The maximum absolute atomic E-state index is 13.2. The van der Waals surface area contributed by atoms with Gasteiger partial charge in [-0.15, -0.1) is 0 Å². The zero-order valence-electron chi connectivity index (χ0n) is 18.4. The van der Waals surface area contributed by atoms with Gasteiger partial charge in [0.1, 0.15) is 6.33 Å². The number of nitrogens with one attached hydrogen (secondary N) is 1. The molecule has 0 fully saturated rings. The van der Waals surface area contributed by atoms with Gasteiger partial charge in [0, 0.05) is 23.1 Å². The Balaban J connectivity index is 1.58. The average Bonchev–Trinajstić information content (AvgIpc) is 3.36. The second-order valence-electron chi connectivity index (χ2n) is 8.72. The Morgan fingerprint density at radius 1 is 1.21 bits per heavy atom. The summed E-state index contributed by atoms with van der Waals surface area (Å²) in [6.07, 6.45) is -0.602. The monoisotopic (exact) mass is 456 g/mol. The fraction of sp³-hybridized carbons (Fsp3) is 0.409. The number of halogens is 3. The van der Waals surface area contributed by atoms with Gasteiger partial charge >= 0.3 is 6.18 Å². The number of aryl methyl sites for hydroxylation is 1. The Morgan fingerprint density at radius 3 is 2.73 bits per heavy atom. The van der Waals surface area contributed by atoms with Crippen molar-refractivity contribution in [3.63, 3.8) is 0 Å². The maximum Gasteiger partial charge on any atom is 0.451 e. The van der Waals surface area contributed by atoms with Crippen molar-refractivity contribution >= 4 is 16.9 Å². The SMILES string of the molecule is Cc1cnn(-c2ccc3[nH]c4c(c3c2)CCN(c2ncnc(C(F)(F)F)n2)[C@H]4CC(C)C)n1. The third-order valence-corrected chi connectivity index (χ3v) is 5.84. The van der Waals surface area contributed by atoms with Gasteiger partial charge in [0.25, 0.3) is 0 Å². The molecule has 172 valence electrons. The van der Waals surface area contributed by atoms with Gasteiger partial charge in [-0.2, -0.15) is 33.1 Å². The molecule has 8 nitrogen and oxygen atoms in total. The van der Waals surface area contributed by atoms with E-state index in [1.807, 2.05) is 24.0 Å². The molecule has 0 amide bonds. The molecule has 0 bridgehead atoms. The molecule has 1 N–H and O–H groups in total. The Morgan fingerprint density at radius 2 is 2.03 bits per heavy atom. The van der Waals surface area contributed by atoms with Crippen molar-refractivity contribution < 1.29 is 13.2 Å². The van der Waals surface area contributed by atoms with Gasteiger partial charge in [0.15, 0.2) is 0 Å². The Bertz CT molecular complexity index is 1310. The van der Waals surface area contributed by atoms with Crippen LogP contribution in [0.2, 0.25) is 0 Å². The molecular weight excluding hydrogens is 433 g/mol. The van der Waals surface area contributed by atoms with E-state index in [-0.39, 0.29) is 12.0 Å². The number of nitrogens with zero attached hydrogens (tertiary/aromatic N) is 7. The summed E-state index contributed by atoms with van der Waals surface area (Å²) in [5, 5.41) is 9.75. The molecule has 4 aromatic rings. The van der Waals surface area contributed by atoms with Gasteiger partial charge in [-0.05, 0) is 49.4 Å². The van der Waals surface area contributed by atoms with Gasteiger partial charge in [-0.3, -0.25) is 0 Å². The summed E-state index contributed by atoms with van der Waals surface area (Å²) in [6.45, 7) is 6.57. The summed E-state index contributed by atoms with van der Waals surface area (Å²) in [5.74, 6) is -0.820. The van der Waals surface area contributed by atoms with Gasteiger partial charge in [0.05, 0.1) is 23.6 Å². The largest absolute Gasteiger partial charge is 0.451 e. The van der Waals surface area contributed by atoms with Gasteiger partial charge in [-0.25, -0.2) is 9.97 Å². The first-order chi connectivity index (χ1) is 15.7. The molecule has 1 aliphatic rings. The molecule has 1 atom stereocenters. The van der Waals surface area contributed by atoms with E-state index in [4.69, 9.17) is 0 Å². The molecule has 0 aliphatic carbocycles. The molecule has 1 aromatic carbocycles. The molecule has 11 heteroatoms. The highest BCUT2D eigenvalue weighted by Crippen LogP contribution is 2.40. The molecule has 4 heterocycles. The highest BCUT2D eigenvalue weighted by atomic mass is 19.4. The van der Waals surface area contributed by atoms with Gasteiger partial charge in [0.2, 0.25) is 11.8 Å². The van der Waals surface area contributed by atoms with E-state index in [1.165, 1.54) is 0 Å². The van der Waals surface area contributed by atoms with Crippen LogP contribution < -0.4 is 4.90 Å². The van der Waals surface area contributed by atoms with Crippen molar-refractivity contribution in [1.29, 1.82) is 0 Å². The lowest BCUT2D eigenvalue weighted by atomic mass is 9.92.